The van der Waals surface area contributed by atoms with Crippen LogP contribution in [0.3, 0.4) is 0 Å². The zero-order valence-electron chi connectivity index (χ0n) is 18.5. The zero-order valence-corrected chi connectivity index (χ0v) is 19.3. The van der Waals surface area contributed by atoms with E-state index in [1.807, 2.05) is 70.2 Å². The molecule has 7 heteroatoms. The van der Waals surface area contributed by atoms with Crippen molar-refractivity contribution in [3.8, 4) is 11.6 Å². The van der Waals surface area contributed by atoms with Crippen LogP contribution in [-0.2, 0) is 18.4 Å². The molecule has 4 aromatic rings. The van der Waals surface area contributed by atoms with Crippen molar-refractivity contribution in [2.75, 3.05) is 0 Å². The third-order valence-corrected chi connectivity index (χ3v) is 6.59. The van der Waals surface area contributed by atoms with Crippen LogP contribution >= 0.6 is 0 Å². The lowest BCUT2D eigenvalue weighted by atomic mass is 10.0. The molecule has 0 aliphatic rings. The maximum atomic E-state index is 13.2. The summed E-state index contributed by atoms with van der Waals surface area (Å²) in [5.74, 6) is 0.950. The Hall–Kier alpha value is -2.90. The Morgan fingerprint density at radius 3 is 2.58 bits per heavy atom. The van der Waals surface area contributed by atoms with E-state index < -0.39 is 16.1 Å². The van der Waals surface area contributed by atoms with Crippen LogP contribution in [0.1, 0.15) is 38.8 Å². The summed E-state index contributed by atoms with van der Waals surface area (Å²) < 4.78 is 24.0. The lowest BCUT2D eigenvalue weighted by molar-refractivity contribution is 0.561. The molecular weight excluding hydrogens is 410 g/mol. The van der Waals surface area contributed by atoms with Gasteiger partial charge in [-0.25, -0.2) is 4.98 Å². The fourth-order valence-electron chi connectivity index (χ4n) is 3.42. The molecule has 0 aliphatic heterocycles. The monoisotopic (exact) mass is 435 g/mol. The highest BCUT2D eigenvalue weighted by atomic mass is 32.2. The fourth-order valence-corrected chi connectivity index (χ4v) is 4.04. The molecule has 0 bridgehead atoms. The molecule has 0 saturated carbocycles. The second-order valence-corrected chi connectivity index (χ2v) is 10.6. The molecule has 6 nitrogen and oxygen atoms in total. The summed E-state index contributed by atoms with van der Waals surface area (Å²) in [6.07, 6.45) is 0. The van der Waals surface area contributed by atoms with E-state index >= 15 is 0 Å². The molecule has 1 atom stereocenters. The molecule has 0 amide bonds. The minimum atomic E-state index is -1.42. The van der Waals surface area contributed by atoms with E-state index in [1.165, 1.54) is 4.57 Å². The summed E-state index contributed by atoms with van der Waals surface area (Å²) in [5.41, 5.74) is 3.27. The van der Waals surface area contributed by atoms with E-state index in [1.54, 1.807) is 14.0 Å². The van der Waals surface area contributed by atoms with E-state index in [0.29, 0.717) is 33.8 Å². The largest absolute Gasteiger partial charge is 0.591 e. The van der Waals surface area contributed by atoms with E-state index in [4.69, 9.17) is 9.40 Å². The van der Waals surface area contributed by atoms with Gasteiger partial charge in [0, 0.05) is 18.0 Å². The highest BCUT2D eigenvalue weighted by Gasteiger charge is 2.27. The zero-order chi connectivity index (χ0) is 22.5. The smallest absolute Gasteiger partial charge is 0.261 e. The van der Waals surface area contributed by atoms with Gasteiger partial charge in [0.2, 0.25) is 0 Å². The quantitative estimate of drug-likeness (QED) is 0.337. The molecule has 0 spiro atoms. The van der Waals surface area contributed by atoms with Crippen LogP contribution in [-0.4, -0.2) is 24.6 Å². The predicted octanol–water partition coefficient (Wildman–Crippen LogP) is 4.93. The molecule has 0 N–H and O–H groups in total. The van der Waals surface area contributed by atoms with Gasteiger partial charge in [0.15, 0.2) is 11.6 Å². The summed E-state index contributed by atoms with van der Waals surface area (Å²) in [4.78, 5) is 18.0. The summed E-state index contributed by atoms with van der Waals surface area (Å²) in [7, 11) is 1.69. The lowest BCUT2D eigenvalue weighted by Gasteiger charge is -2.19. The van der Waals surface area contributed by atoms with Crippen LogP contribution in [0.15, 0.2) is 56.1 Å². The van der Waals surface area contributed by atoms with Crippen molar-refractivity contribution in [3.63, 3.8) is 0 Å². The number of para-hydroxylation sites is 1. The highest BCUT2D eigenvalue weighted by molar-refractivity contribution is 7.91. The maximum Gasteiger partial charge on any atom is 0.261 e. The van der Waals surface area contributed by atoms with Gasteiger partial charge in [-0.05, 0) is 64.4 Å². The number of rotatable bonds is 3. The molecule has 2 aromatic heterocycles. The van der Waals surface area contributed by atoms with Crippen molar-refractivity contribution >= 4 is 38.9 Å². The molecule has 31 heavy (non-hydrogen) atoms. The van der Waals surface area contributed by atoms with Gasteiger partial charge in [-0.2, -0.15) is 0 Å². The van der Waals surface area contributed by atoms with Gasteiger partial charge in [0.05, 0.1) is 16.6 Å². The third kappa shape index (κ3) is 3.91. The molecule has 0 unspecified atom stereocenters. The topological polar surface area (TPSA) is 83.5 Å². The van der Waals surface area contributed by atoms with Gasteiger partial charge in [0.25, 0.3) is 5.56 Å². The Morgan fingerprint density at radius 2 is 1.90 bits per heavy atom. The predicted molar refractivity (Wildman–Crippen MR) is 127 cm³/mol. The molecule has 0 radical (unpaired) electrons. The first-order chi connectivity index (χ1) is 14.6. The third-order valence-electron chi connectivity index (χ3n) is 5.10. The summed E-state index contributed by atoms with van der Waals surface area (Å²) in [6.45, 7) is 9.35. The van der Waals surface area contributed by atoms with Gasteiger partial charge < -0.3 is 8.97 Å². The first kappa shape index (κ1) is 21.3. The first-order valence-electron chi connectivity index (χ1n) is 10.0. The van der Waals surface area contributed by atoms with Crippen LogP contribution in [0.2, 0.25) is 0 Å². The van der Waals surface area contributed by atoms with Gasteiger partial charge in [-0.3, -0.25) is 9.36 Å². The fraction of sp³-hybridized carbons (Fsp3) is 0.292. The normalized spacial score (nSPS) is 13.8. The first-order valence-corrected chi connectivity index (χ1v) is 11.1. The standard InChI is InChI=1S/C24H25N3O3S/c1-14-11-17(15(2)26-31(29)24(3,4)5)21-18(12-14)23(28)27(6)22(25-21)20-13-16-9-7-8-10-19(16)30-20/h7-13H,1-6H3/t31-/m1/s1. The van der Waals surface area contributed by atoms with Crippen molar-refractivity contribution in [1.82, 2.24) is 9.55 Å². The van der Waals surface area contributed by atoms with Crippen LogP contribution < -0.4 is 5.56 Å². The Kier molecular flexibility index (Phi) is 5.27. The Bertz CT molecular complexity index is 1360. The van der Waals surface area contributed by atoms with Crippen LogP contribution in [0, 0.1) is 6.92 Å². The van der Waals surface area contributed by atoms with Crippen LogP contribution in [0.4, 0.5) is 0 Å². The average Bonchev–Trinajstić information content (AvgIpc) is 3.13. The van der Waals surface area contributed by atoms with E-state index in [9.17, 15) is 9.35 Å². The minimum absolute atomic E-state index is 0.171. The van der Waals surface area contributed by atoms with Crippen LogP contribution in [0.5, 0.6) is 0 Å². The second kappa shape index (κ2) is 7.66. The van der Waals surface area contributed by atoms with Gasteiger partial charge in [-0.15, -0.1) is 0 Å². The second-order valence-electron chi connectivity index (χ2n) is 8.69. The molecule has 4 rings (SSSR count). The Balaban J connectivity index is 1.98. The molecular formula is C24H25N3O3S. The molecule has 0 fully saturated rings. The summed E-state index contributed by atoms with van der Waals surface area (Å²) in [5, 5.41) is 1.43. The molecule has 160 valence electrons. The van der Waals surface area contributed by atoms with E-state index in [2.05, 4.69) is 4.40 Å². The van der Waals surface area contributed by atoms with Gasteiger partial charge in [0.1, 0.15) is 21.7 Å². The van der Waals surface area contributed by atoms with Crippen molar-refractivity contribution < 1.29 is 8.97 Å². The number of nitrogens with zero attached hydrogens (tertiary/aromatic N) is 3. The summed E-state index contributed by atoms with van der Waals surface area (Å²) in [6, 6.07) is 13.3. The van der Waals surface area contributed by atoms with Crippen molar-refractivity contribution in [2.45, 2.75) is 39.4 Å². The molecule has 2 aromatic carbocycles. The van der Waals surface area contributed by atoms with Gasteiger partial charge >= 0.3 is 0 Å². The number of hydrogen-bond donors (Lipinski definition) is 0. The molecule has 2 heterocycles. The number of hydrogen-bond acceptors (Lipinski definition) is 5. The van der Waals surface area contributed by atoms with E-state index in [0.717, 1.165) is 16.5 Å². The Morgan fingerprint density at radius 1 is 1.19 bits per heavy atom. The number of fused-ring (bicyclic) bond motifs is 2. The lowest BCUT2D eigenvalue weighted by Crippen LogP contribution is -2.27. The average molecular weight is 436 g/mol. The highest BCUT2D eigenvalue weighted by Crippen LogP contribution is 2.28. The van der Waals surface area contributed by atoms with E-state index in [-0.39, 0.29) is 5.56 Å². The number of benzene rings is 2. The van der Waals surface area contributed by atoms with Crippen molar-refractivity contribution in [1.29, 1.82) is 0 Å². The van der Waals surface area contributed by atoms with Crippen molar-refractivity contribution in [3.05, 3.63) is 63.9 Å². The number of furan rings is 1. The van der Waals surface area contributed by atoms with Gasteiger partial charge in [-0.1, -0.05) is 22.6 Å². The summed E-state index contributed by atoms with van der Waals surface area (Å²) >= 11 is -1.42. The van der Waals surface area contributed by atoms with Crippen molar-refractivity contribution in [2.24, 2.45) is 11.4 Å². The maximum absolute atomic E-state index is 13.2. The Labute approximate surface area is 184 Å². The minimum Gasteiger partial charge on any atom is -0.591 e. The molecule has 0 saturated heterocycles. The molecule has 0 aliphatic carbocycles. The van der Waals surface area contributed by atoms with Crippen LogP contribution in [0.25, 0.3) is 33.5 Å². The number of aryl methyl sites for hydroxylation is 1. The number of aromatic nitrogens is 2. The SMILES string of the molecule is CC(=N[S@+]([O-])C(C)(C)C)c1cc(C)cc2c(=O)n(C)c(-c3cc4ccccc4o3)nc12.